The van der Waals surface area contributed by atoms with Gasteiger partial charge in [-0.05, 0) is 33.6 Å². The van der Waals surface area contributed by atoms with Crippen molar-refractivity contribution in [2.75, 3.05) is 5.32 Å². The monoisotopic (exact) mass is 305 g/mol. The lowest BCUT2D eigenvalue weighted by molar-refractivity contribution is 0.730. The molecule has 1 N–H and O–H groups in total. The van der Waals surface area contributed by atoms with Gasteiger partial charge >= 0.3 is 0 Å². The largest absolute Gasteiger partial charge is 0.365 e. The summed E-state index contributed by atoms with van der Waals surface area (Å²) < 4.78 is 1.90. The molecule has 2 aromatic heterocycles. The zero-order chi connectivity index (χ0) is 15.1. The molecule has 0 aliphatic heterocycles. The van der Waals surface area contributed by atoms with Crippen molar-refractivity contribution in [1.29, 1.82) is 0 Å². The maximum atomic E-state index is 6.23. The molecule has 0 bridgehead atoms. The second-order valence-electron chi connectivity index (χ2n) is 5.75. The first kappa shape index (κ1) is 14.3. The van der Waals surface area contributed by atoms with Crippen LogP contribution in [0, 0.1) is 20.8 Å². The van der Waals surface area contributed by atoms with Crippen molar-refractivity contribution in [3.8, 4) is 0 Å². The van der Waals surface area contributed by atoms with Crippen LogP contribution in [0.4, 0.5) is 5.82 Å². The predicted octanol–water partition coefficient (Wildman–Crippen LogP) is 3.28. The van der Waals surface area contributed by atoms with Crippen molar-refractivity contribution in [1.82, 2.24) is 19.7 Å². The van der Waals surface area contributed by atoms with Gasteiger partial charge in [-0.2, -0.15) is 5.10 Å². The van der Waals surface area contributed by atoms with Crippen LogP contribution in [-0.2, 0) is 13.6 Å². The summed E-state index contributed by atoms with van der Waals surface area (Å²) in [5, 5.41) is 8.39. The number of hydrogen-bond acceptors (Lipinski definition) is 4. The molecule has 3 rings (SSSR count). The summed E-state index contributed by atoms with van der Waals surface area (Å²) in [6.45, 7) is 6.75. The summed E-state index contributed by atoms with van der Waals surface area (Å²) in [5.74, 6) is 2.19. The molecule has 0 radical (unpaired) electrons. The van der Waals surface area contributed by atoms with Gasteiger partial charge in [-0.3, -0.25) is 4.68 Å². The summed E-state index contributed by atoms with van der Waals surface area (Å²) >= 11 is 6.23. The van der Waals surface area contributed by atoms with Gasteiger partial charge in [0.2, 0.25) is 0 Å². The Balaban J connectivity index is 1.84. The highest BCUT2D eigenvalue weighted by Gasteiger charge is 2.28. The van der Waals surface area contributed by atoms with E-state index in [0.717, 1.165) is 22.9 Å². The maximum absolute atomic E-state index is 6.23. The van der Waals surface area contributed by atoms with Crippen molar-refractivity contribution in [3.05, 3.63) is 33.5 Å². The first-order valence-electron chi connectivity index (χ1n) is 7.24. The summed E-state index contributed by atoms with van der Waals surface area (Å²) in [6, 6.07) is 0. The van der Waals surface area contributed by atoms with Gasteiger partial charge in [0.25, 0.3) is 0 Å². The summed E-state index contributed by atoms with van der Waals surface area (Å²) in [6.07, 6.45) is 2.33. The molecule has 0 spiro atoms. The molecular weight excluding hydrogens is 286 g/mol. The number of rotatable bonds is 4. The minimum atomic E-state index is 0.491. The number of aryl methyl sites for hydroxylation is 2. The second-order valence-corrected chi connectivity index (χ2v) is 6.11. The minimum Gasteiger partial charge on any atom is -0.365 e. The van der Waals surface area contributed by atoms with E-state index < -0.39 is 0 Å². The number of hydrogen-bond donors (Lipinski definition) is 1. The molecule has 1 saturated carbocycles. The smallest absolute Gasteiger partial charge is 0.137 e. The highest BCUT2D eigenvalue weighted by molar-refractivity contribution is 6.30. The molecule has 0 aromatic carbocycles. The molecule has 2 aromatic rings. The van der Waals surface area contributed by atoms with E-state index in [-0.39, 0.29) is 0 Å². The van der Waals surface area contributed by atoms with E-state index in [1.807, 2.05) is 25.6 Å². The van der Waals surface area contributed by atoms with Crippen LogP contribution in [0.15, 0.2) is 0 Å². The third-order valence-electron chi connectivity index (χ3n) is 4.14. The molecule has 1 aliphatic carbocycles. The van der Waals surface area contributed by atoms with Crippen molar-refractivity contribution in [3.63, 3.8) is 0 Å². The summed E-state index contributed by atoms with van der Waals surface area (Å²) in [7, 11) is 1.96. The van der Waals surface area contributed by atoms with Crippen molar-refractivity contribution < 1.29 is 0 Å². The van der Waals surface area contributed by atoms with E-state index in [2.05, 4.69) is 27.3 Å². The van der Waals surface area contributed by atoms with Gasteiger partial charge in [-0.15, -0.1) is 0 Å². The standard InChI is InChI=1S/C15H20ClN5/c1-8-13(16)18-15(11-5-6-11)19-14(8)17-7-12-9(2)20-21(4)10(12)3/h11H,5-7H2,1-4H3,(H,17,18,19). The van der Waals surface area contributed by atoms with E-state index in [9.17, 15) is 0 Å². The number of nitrogens with one attached hydrogen (secondary N) is 1. The third-order valence-corrected chi connectivity index (χ3v) is 4.51. The Morgan fingerprint density at radius 1 is 1.24 bits per heavy atom. The van der Waals surface area contributed by atoms with Gasteiger partial charge in [0.1, 0.15) is 16.8 Å². The van der Waals surface area contributed by atoms with Gasteiger partial charge in [-0.1, -0.05) is 11.6 Å². The number of anilines is 1. The third kappa shape index (κ3) is 2.75. The first-order chi connectivity index (χ1) is 9.97. The van der Waals surface area contributed by atoms with Crippen molar-refractivity contribution in [2.24, 2.45) is 7.05 Å². The van der Waals surface area contributed by atoms with Gasteiger partial charge in [0.15, 0.2) is 0 Å². The van der Waals surface area contributed by atoms with Crippen LogP contribution in [0.25, 0.3) is 0 Å². The van der Waals surface area contributed by atoms with Crippen LogP contribution in [0.5, 0.6) is 0 Å². The second kappa shape index (κ2) is 5.30. The summed E-state index contributed by atoms with van der Waals surface area (Å²) in [5.41, 5.74) is 4.32. The average molecular weight is 306 g/mol. The Kier molecular flexibility index (Phi) is 3.61. The van der Waals surface area contributed by atoms with E-state index in [4.69, 9.17) is 11.6 Å². The molecule has 0 amide bonds. The number of aromatic nitrogens is 4. The van der Waals surface area contributed by atoms with Gasteiger partial charge < -0.3 is 5.32 Å². The van der Waals surface area contributed by atoms with E-state index >= 15 is 0 Å². The van der Waals surface area contributed by atoms with Crippen LogP contribution in [0.1, 0.15) is 47.1 Å². The Hall–Kier alpha value is -1.62. The van der Waals surface area contributed by atoms with Crippen LogP contribution in [0.3, 0.4) is 0 Å². The first-order valence-corrected chi connectivity index (χ1v) is 7.62. The lowest BCUT2D eigenvalue weighted by atomic mass is 10.2. The molecule has 1 aliphatic rings. The van der Waals surface area contributed by atoms with Crippen LogP contribution < -0.4 is 5.32 Å². The van der Waals surface area contributed by atoms with Gasteiger partial charge in [0, 0.05) is 36.3 Å². The lowest BCUT2D eigenvalue weighted by Crippen LogP contribution is -2.08. The minimum absolute atomic E-state index is 0.491. The van der Waals surface area contributed by atoms with Crippen molar-refractivity contribution >= 4 is 17.4 Å². The molecule has 0 atom stereocenters. The highest BCUT2D eigenvalue weighted by atomic mass is 35.5. The van der Waals surface area contributed by atoms with Crippen LogP contribution >= 0.6 is 11.6 Å². The molecule has 2 heterocycles. The number of nitrogens with zero attached hydrogens (tertiary/aromatic N) is 4. The van der Waals surface area contributed by atoms with E-state index in [0.29, 0.717) is 17.6 Å². The topological polar surface area (TPSA) is 55.6 Å². The lowest BCUT2D eigenvalue weighted by Gasteiger charge is -2.11. The molecule has 1 fully saturated rings. The molecule has 0 unspecified atom stereocenters. The molecular formula is C15H20ClN5. The molecule has 5 nitrogen and oxygen atoms in total. The Morgan fingerprint density at radius 2 is 1.95 bits per heavy atom. The number of halogens is 1. The summed E-state index contributed by atoms with van der Waals surface area (Å²) in [4.78, 5) is 9.03. The zero-order valence-electron chi connectivity index (χ0n) is 12.9. The predicted molar refractivity (Wildman–Crippen MR) is 83.8 cm³/mol. The fourth-order valence-corrected chi connectivity index (χ4v) is 2.62. The quantitative estimate of drug-likeness (QED) is 0.881. The Labute approximate surface area is 129 Å². The molecule has 0 saturated heterocycles. The maximum Gasteiger partial charge on any atom is 0.137 e. The van der Waals surface area contributed by atoms with E-state index in [1.165, 1.54) is 24.1 Å². The Morgan fingerprint density at radius 3 is 2.52 bits per heavy atom. The average Bonchev–Trinajstić information content (AvgIpc) is 3.23. The molecule has 6 heteroatoms. The van der Waals surface area contributed by atoms with Crippen LogP contribution in [0.2, 0.25) is 5.15 Å². The molecule has 112 valence electrons. The Bertz CT molecular complexity index is 688. The molecule has 21 heavy (non-hydrogen) atoms. The van der Waals surface area contributed by atoms with E-state index in [1.54, 1.807) is 0 Å². The zero-order valence-corrected chi connectivity index (χ0v) is 13.6. The fourth-order valence-electron chi connectivity index (χ4n) is 2.45. The van der Waals surface area contributed by atoms with Crippen molar-refractivity contribution in [2.45, 2.75) is 46.1 Å². The normalized spacial score (nSPS) is 14.5. The van der Waals surface area contributed by atoms with Gasteiger partial charge in [0.05, 0.1) is 5.69 Å². The van der Waals surface area contributed by atoms with Gasteiger partial charge in [-0.25, -0.2) is 9.97 Å². The fraction of sp³-hybridized carbons (Fsp3) is 0.533. The highest BCUT2D eigenvalue weighted by Crippen LogP contribution is 2.39. The SMILES string of the molecule is Cc1nn(C)c(C)c1CNc1nc(C2CC2)nc(Cl)c1C. The van der Waals surface area contributed by atoms with Crippen LogP contribution in [-0.4, -0.2) is 19.7 Å².